The minimum atomic E-state index is -0.741. The van der Waals surface area contributed by atoms with Crippen LogP contribution >= 0.6 is 0 Å². The summed E-state index contributed by atoms with van der Waals surface area (Å²) in [6, 6.07) is 0. The van der Waals surface area contributed by atoms with Gasteiger partial charge in [-0.3, -0.25) is 5.41 Å². The van der Waals surface area contributed by atoms with Gasteiger partial charge in [0.1, 0.15) is 24.6 Å². The summed E-state index contributed by atoms with van der Waals surface area (Å²) in [7, 11) is 0. The van der Waals surface area contributed by atoms with E-state index in [1.54, 1.807) is 13.8 Å². The van der Waals surface area contributed by atoms with Crippen molar-refractivity contribution in [3.05, 3.63) is 12.2 Å². The van der Waals surface area contributed by atoms with E-state index in [1.165, 1.54) is 11.0 Å². The maximum Gasteiger partial charge on any atom is 0.215 e. The maximum atomic E-state index is 9.38. The van der Waals surface area contributed by atoms with E-state index in [4.69, 9.17) is 25.4 Å². The zero-order chi connectivity index (χ0) is 14.5. The van der Waals surface area contributed by atoms with Crippen LogP contribution in [-0.2, 0) is 14.2 Å². The Kier molecular flexibility index (Phi) is 3.01. The molecule has 0 saturated carbocycles. The molecule has 4 unspecified atom stereocenters. The van der Waals surface area contributed by atoms with Gasteiger partial charge in [-0.25, -0.2) is 9.67 Å². The lowest BCUT2D eigenvalue weighted by Crippen LogP contribution is -2.31. The summed E-state index contributed by atoms with van der Waals surface area (Å²) in [6.45, 7) is 3.43. The van der Waals surface area contributed by atoms with E-state index < -0.39 is 24.2 Å². The molecule has 3 heterocycles. The SMILES string of the molecule is CC1(C)OC2C(CO)OC(n3cnc(C(=N)N)n3)C2O1. The van der Waals surface area contributed by atoms with Gasteiger partial charge in [-0.05, 0) is 13.8 Å². The van der Waals surface area contributed by atoms with Gasteiger partial charge in [0.05, 0.1) is 6.61 Å². The Bertz CT molecular complexity index is 531. The molecule has 3 rings (SSSR count). The third-order valence-corrected chi connectivity index (χ3v) is 3.32. The number of hydrogen-bond acceptors (Lipinski definition) is 7. The molecule has 4 atom stereocenters. The monoisotopic (exact) mass is 283 g/mol. The number of ether oxygens (including phenoxy) is 3. The smallest absolute Gasteiger partial charge is 0.215 e. The summed E-state index contributed by atoms with van der Waals surface area (Å²) < 4.78 is 18.7. The molecule has 1 aromatic heterocycles. The molecule has 0 spiro atoms. The number of nitrogens with zero attached hydrogens (tertiary/aromatic N) is 3. The third kappa shape index (κ3) is 2.08. The van der Waals surface area contributed by atoms with Gasteiger partial charge in [0.15, 0.2) is 17.9 Å². The van der Waals surface area contributed by atoms with Crippen LogP contribution in [0.4, 0.5) is 0 Å². The fraction of sp³-hybridized carbons (Fsp3) is 0.727. The minimum Gasteiger partial charge on any atom is -0.394 e. The first-order valence-electron chi connectivity index (χ1n) is 6.29. The van der Waals surface area contributed by atoms with Crippen LogP contribution in [0.25, 0.3) is 0 Å². The fourth-order valence-corrected chi connectivity index (χ4v) is 2.54. The second-order valence-corrected chi connectivity index (χ2v) is 5.27. The van der Waals surface area contributed by atoms with Crippen molar-refractivity contribution in [2.45, 2.75) is 44.2 Å². The molecule has 0 amide bonds. The summed E-state index contributed by atoms with van der Waals surface area (Å²) in [5, 5.41) is 20.8. The average Bonchev–Trinajstić information content (AvgIpc) is 3.01. The highest BCUT2D eigenvalue weighted by molar-refractivity contribution is 5.90. The number of aliphatic hydroxyl groups excluding tert-OH is 1. The molecule has 0 aliphatic carbocycles. The van der Waals surface area contributed by atoms with Crippen LogP contribution in [0, 0.1) is 5.41 Å². The number of fused-ring (bicyclic) bond motifs is 1. The van der Waals surface area contributed by atoms with Crippen LogP contribution in [-0.4, -0.2) is 56.4 Å². The number of rotatable bonds is 3. The number of aromatic nitrogens is 3. The summed E-state index contributed by atoms with van der Waals surface area (Å²) in [4.78, 5) is 3.93. The van der Waals surface area contributed by atoms with Crippen LogP contribution in [0.1, 0.15) is 25.9 Å². The molecule has 9 heteroatoms. The van der Waals surface area contributed by atoms with Gasteiger partial charge < -0.3 is 25.1 Å². The highest BCUT2D eigenvalue weighted by Gasteiger charge is 2.56. The van der Waals surface area contributed by atoms with Crippen molar-refractivity contribution < 1.29 is 19.3 Å². The van der Waals surface area contributed by atoms with Crippen molar-refractivity contribution in [2.24, 2.45) is 5.73 Å². The highest BCUT2D eigenvalue weighted by atomic mass is 16.8. The van der Waals surface area contributed by atoms with E-state index in [-0.39, 0.29) is 24.4 Å². The summed E-state index contributed by atoms with van der Waals surface area (Å²) >= 11 is 0. The lowest BCUT2D eigenvalue weighted by atomic mass is 10.1. The maximum absolute atomic E-state index is 9.38. The lowest BCUT2D eigenvalue weighted by Gasteiger charge is -2.23. The van der Waals surface area contributed by atoms with Crippen molar-refractivity contribution in [1.29, 1.82) is 5.41 Å². The molecule has 2 saturated heterocycles. The normalized spacial score (nSPS) is 35.1. The van der Waals surface area contributed by atoms with Gasteiger partial charge in [-0.15, -0.1) is 5.10 Å². The van der Waals surface area contributed by atoms with Crippen LogP contribution in [0.5, 0.6) is 0 Å². The zero-order valence-electron chi connectivity index (χ0n) is 11.2. The van der Waals surface area contributed by atoms with Crippen LogP contribution < -0.4 is 5.73 Å². The number of nitrogens with two attached hydrogens (primary N) is 1. The summed E-state index contributed by atoms with van der Waals surface area (Å²) in [5.41, 5.74) is 5.34. The van der Waals surface area contributed by atoms with Gasteiger partial charge in [0.25, 0.3) is 0 Å². The highest BCUT2D eigenvalue weighted by Crippen LogP contribution is 2.42. The predicted octanol–water partition coefficient (Wildman–Crippen LogP) is -1.03. The van der Waals surface area contributed by atoms with E-state index in [2.05, 4.69) is 10.1 Å². The van der Waals surface area contributed by atoms with Crippen LogP contribution in [0.3, 0.4) is 0 Å². The number of aliphatic hydroxyl groups is 1. The molecular weight excluding hydrogens is 266 g/mol. The Labute approximate surface area is 115 Å². The number of amidine groups is 1. The van der Waals surface area contributed by atoms with Gasteiger partial charge >= 0.3 is 0 Å². The Balaban J connectivity index is 1.87. The van der Waals surface area contributed by atoms with Crippen molar-refractivity contribution in [1.82, 2.24) is 14.8 Å². The molecule has 0 aromatic carbocycles. The minimum absolute atomic E-state index is 0.121. The molecule has 9 nitrogen and oxygen atoms in total. The molecule has 1 aromatic rings. The Hall–Kier alpha value is -1.55. The Morgan fingerprint density at radius 2 is 2.20 bits per heavy atom. The lowest BCUT2D eigenvalue weighted by molar-refractivity contribution is -0.201. The second kappa shape index (κ2) is 4.48. The van der Waals surface area contributed by atoms with Gasteiger partial charge in [-0.1, -0.05) is 0 Å². The first-order valence-corrected chi connectivity index (χ1v) is 6.29. The Morgan fingerprint density at radius 3 is 2.80 bits per heavy atom. The molecule has 0 radical (unpaired) electrons. The van der Waals surface area contributed by atoms with Gasteiger partial charge in [0, 0.05) is 0 Å². The predicted molar refractivity (Wildman–Crippen MR) is 65.9 cm³/mol. The summed E-state index contributed by atoms with van der Waals surface area (Å²) in [6.07, 6.45) is -0.405. The largest absolute Gasteiger partial charge is 0.394 e. The molecule has 4 N–H and O–H groups in total. The third-order valence-electron chi connectivity index (χ3n) is 3.32. The molecule has 0 bridgehead atoms. The second-order valence-electron chi connectivity index (χ2n) is 5.27. The number of nitrogen functional groups attached to an aromatic ring is 1. The molecule has 2 aliphatic rings. The van der Waals surface area contributed by atoms with Crippen molar-refractivity contribution in [3.8, 4) is 0 Å². The molecule has 110 valence electrons. The van der Waals surface area contributed by atoms with Gasteiger partial charge in [0.2, 0.25) is 5.82 Å². The molecule has 2 aliphatic heterocycles. The van der Waals surface area contributed by atoms with E-state index in [0.29, 0.717) is 0 Å². The summed E-state index contributed by atoms with van der Waals surface area (Å²) in [5.74, 6) is -0.842. The first kappa shape index (κ1) is 13.4. The van der Waals surface area contributed by atoms with Crippen LogP contribution in [0.15, 0.2) is 6.33 Å². The topological polar surface area (TPSA) is 128 Å². The molecule has 20 heavy (non-hydrogen) atoms. The zero-order valence-corrected chi connectivity index (χ0v) is 11.2. The standard InChI is InChI=1S/C11H17N5O4/c1-11(2)19-6-5(3-17)18-10(7(6)20-11)16-4-14-9(15-16)8(12)13/h4-7,10,17H,3H2,1-2H3,(H3,12,13). The quantitative estimate of drug-likeness (QED) is 0.478. The number of nitrogens with one attached hydrogen (secondary N) is 1. The van der Waals surface area contributed by atoms with E-state index in [9.17, 15) is 5.11 Å². The first-order chi connectivity index (χ1) is 9.41. The van der Waals surface area contributed by atoms with Crippen molar-refractivity contribution in [2.75, 3.05) is 6.61 Å². The fourth-order valence-electron chi connectivity index (χ4n) is 2.54. The Morgan fingerprint density at radius 1 is 1.50 bits per heavy atom. The van der Waals surface area contributed by atoms with Crippen molar-refractivity contribution in [3.63, 3.8) is 0 Å². The van der Waals surface area contributed by atoms with Gasteiger partial charge in [-0.2, -0.15) is 0 Å². The molecular formula is C11H17N5O4. The molecule has 2 fully saturated rings. The van der Waals surface area contributed by atoms with E-state index in [1.807, 2.05) is 0 Å². The van der Waals surface area contributed by atoms with Crippen molar-refractivity contribution >= 4 is 5.84 Å². The van der Waals surface area contributed by atoms with E-state index in [0.717, 1.165) is 0 Å². The average molecular weight is 283 g/mol. The van der Waals surface area contributed by atoms with Crippen LogP contribution in [0.2, 0.25) is 0 Å². The van der Waals surface area contributed by atoms with E-state index >= 15 is 0 Å². The number of hydrogen-bond donors (Lipinski definition) is 3.